The van der Waals surface area contributed by atoms with E-state index >= 15 is 0 Å². The predicted octanol–water partition coefficient (Wildman–Crippen LogP) is 3.05. The summed E-state index contributed by atoms with van der Waals surface area (Å²) in [6, 6.07) is 8.74. The normalized spacial score (nSPS) is 19.6. The molecule has 1 aromatic carbocycles. The summed E-state index contributed by atoms with van der Waals surface area (Å²) in [5.74, 6) is 0.690. The lowest BCUT2D eigenvalue weighted by Crippen LogP contribution is -2.40. The molecular weight excluding hydrogens is 248 g/mol. The number of rotatable bonds is 6. The molecule has 2 rings (SSSR count). The highest BCUT2D eigenvalue weighted by Crippen LogP contribution is 2.25. The molecule has 0 saturated carbocycles. The third-order valence-corrected chi connectivity index (χ3v) is 3.91. The summed E-state index contributed by atoms with van der Waals surface area (Å²) < 4.78 is 5.54. The van der Waals surface area contributed by atoms with Gasteiger partial charge in [0.25, 0.3) is 0 Å². The van der Waals surface area contributed by atoms with E-state index in [4.69, 9.17) is 4.74 Å². The fourth-order valence-electron chi connectivity index (χ4n) is 2.81. The minimum atomic E-state index is 0.375. The molecule has 1 heterocycles. The Bertz CT molecular complexity index is 406. The Morgan fingerprint density at radius 2 is 2.15 bits per heavy atom. The van der Waals surface area contributed by atoms with Gasteiger partial charge < -0.3 is 15.0 Å². The Kier molecular flexibility index (Phi) is 5.86. The van der Waals surface area contributed by atoms with E-state index in [1.54, 1.807) is 0 Å². The highest BCUT2D eigenvalue weighted by molar-refractivity contribution is 5.54. The summed E-state index contributed by atoms with van der Waals surface area (Å²) >= 11 is 0. The lowest BCUT2D eigenvalue weighted by atomic mass is 10.0. The quantitative estimate of drug-likeness (QED) is 0.864. The van der Waals surface area contributed by atoms with E-state index in [0.29, 0.717) is 12.0 Å². The first-order valence-electron chi connectivity index (χ1n) is 7.77. The highest BCUT2D eigenvalue weighted by atomic mass is 16.5. The Balaban J connectivity index is 2.03. The summed E-state index contributed by atoms with van der Waals surface area (Å²) in [6.45, 7) is 8.65. The Morgan fingerprint density at radius 3 is 2.90 bits per heavy atom. The zero-order valence-corrected chi connectivity index (χ0v) is 13.1. The van der Waals surface area contributed by atoms with Crippen LogP contribution in [0.4, 0.5) is 5.69 Å². The van der Waals surface area contributed by atoms with Crippen LogP contribution >= 0.6 is 0 Å². The van der Waals surface area contributed by atoms with Crippen LogP contribution in [0.15, 0.2) is 24.3 Å². The summed E-state index contributed by atoms with van der Waals surface area (Å²) in [7, 11) is 1.82. The number of hydrogen-bond acceptors (Lipinski definition) is 3. The van der Waals surface area contributed by atoms with Crippen molar-refractivity contribution in [3.05, 3.63) is 29.8 Å². The largest absolute Gasteiger partial charge is 0.380 e. The molecule has 1 atom stereocenters. The second-order valence-electron chi connectivity index (χ2n) is 6.10. The minimum absolute atomic E-state index is 0.375. The number of nitrogens with one attached hydrogen (secondary N) is 1. The molecule has 20 heavy (non-hydrogen) atoms. The molecule has 1 saturated heterocycles. The monoisotopic (exact) mass is 276 g/mol. The fraction of sp³-hybridized carbons (Fsp3) is 0.647. The van der Waals surface area contributed by atoms with E-state index in [-0.39, 0.29) is 0 Å². The number of hydrogen-bond donors (Lipinski definition) is 1. The van der Waals surface area contributed by atoms with Gasteiger partial charge in [0.15, 0.2) is 0 Å². The first-order valence-corrected chi connectivity index (χ1v) is 7.77. The molecule has 1 fully saturated rings. The van der Waals surface area contributed by atoms with Gasteiger partial charge in [0, 0.05) is 32.4 Å². The SMILES string of the molecule is COC1CCCN(c2ccccc2CNCC(C)C)C1. The topological polar surface area (TPSA) is 24.5 Å². The zero-order chi connectivity index (χ0) is 14.4. The number of nitrogens with zero attached hydrogens (tertiary/aromatic N) is 1. The molecule has 0 bridgehead atoms. The van der Waals surface area contributed by atoms with Gasteiger partial charge in [0.05, 0.1) is 6.10 Å². The van der Waals surface area contributed by atoms with Gasteiger partial charge in [-0.05, 0) is 36.9 Å². The van der Waals surface area contributed by atoms with E-state index < -0.39 is 0 Å². The maximum absolute atomic E-state index is 5.54. The van der Waals surface area contributed by atoms with Gasteiger partial charge in [-0.2, -0.15) is 0 Å². The molecule has 1 N–H and O–H groups in total. The molecule has 0 aliphatic carbocycles. The predicted molar refractivity (Wildman–Crippen MR) is 85.2 cm³/mol. The van der Waals surface area contributed by atoms with Gasteiger partial charge in [0.1, 0.15) is 0 Å². The number of benzene rings is 1. The Labute approximate surface area is 123 Å². The molecule has 0 spiro atoms. The van der Waals surface area contributed by atoms with Crippen molar-refractivity contribution >= 4 is 5.69 Å². The van der Waals surface area contributed by atoms with Crippen LogP contribution in [0.2, 0.25) is 0 Å². The molecule has 0 amide bonds. The van der Waals surface area contributed by atoms with Crippen LogP contribution in [-0.4, -0.2) is 32.8 Å². The van der Waals surface area contributed by atoms with Crippen LogP contribution < -0.4 is 10.2 Å². The van der Waals surface area contributed by atoms with E-state index in [1.165, 1.54) is 24.1 Å². The van der Waals surface area contributed by atoms with Crippen molar-refractivity contribution in [3.63, 3.8) is 0 Å². The van der Waals surface area contributed by atoms with Gasteiger partial charge in [-0.15, -0.1) is 0 Å². The first-order chi connectivity index (χ1) is 9.70. The van der Waals surface area contributed by atoms with E-state index in [0.717, 1.165) is 26.2 Å². The molecule has 3 heteroatoms. The summed E-state index contributed by atoms with van der Waals surface area (Å²) in [5.41, 5.74) is 2.76. The third kappa shape index (κ3) is 4.22. The van der Waals surface area contributed by atoms with Gasteiger partial charge in [-0.3, -0.25) is 0 Å². The average Bonchev–Trinajstić information content (AvgIpc) is 2.47. The first kappa shape index (κ1) is 15.3. The standard InChI is InChI=1S/C17H28N2O/c1-14(2)11-18-12-15-7-4-5-9-17(15)19-10-6-8-16(13-19)20-3/h4-5,7,9,14,16,18H,6,8,10-13H2,1-3H3. The maximum Gasteiger partial charge on any atom is 0.0746 e. The third-order valence-electron chi connectivity index (χ3n) is 3.91. The van der Waals surface area contributed by atoms with Gasteiger partial charge in [-0.25, -0.2) is 0 Å². The van der Waals surface area contributed by atoms with Crippen molar-refractivity contribution in [2.45, 2.75) is 39.3 Å². The van der Waals surface area contributed by atoms with Gasteiger partial charge in [-0.1, -0.05) is 32.0 Å². The number of piperidine rings is 1. The highest BCUT2D eigenvalue weighted by Gasteiger charge is 2.21. The molecule has 112 valence electrons. The van der Waals surface area contributed by atoms with Crippen molar-refractivity contribution in [1.29, 1.82) is 0 Å². The number of ether oxygens (including phenoxy) is 1. The molecule has 3 nitrogen and oxygen atoms in total. The summed E-state index contributed by atoms with van der Waals surface area (Å²) in [4.78, 5) is 2.48. The van der Waals surface area contributed by atoms with Crippen LogP contribution in [0, 0.1) is 5.92 Å². The maximum atomic E-state index is 5.54. The van der Waals surface area contributed by atoms with Crippen molar-refractivity contribution < 1.29 is 4.74 Å². The van der Waals surface area contributed by atoms with Crippen LogP contribution in [0.1, 0.15) is 32.3 Å². The van der Waals surface area contributed by atoms with Crippen molar-refractivity contribution in [3.8, 4) is 0 Å². The Morgan fingerprint density at radius 1 is 1.35 bits per heavy atom. The van der Waals surface area contributed by atoms with Crippen LogP contribution in [0.3, 0.4) is 0 Å². The van der Waals surface area contributed by atoms with Crippen molar-refractivity contribution in [2.75, 3.05) is 31.6 Å². The van der Waals surface area contributed by atoms with Crippen molar-refractivity contribution in [1.82, 2.24) is 5.32 Å². The fourth-order valence-corrected chi connectivity index (χ4v) is 2.81. The number of para-hydroxylation sites is 1. The number of methoxy groups -OCH3 is 1. The molecule has 1 aliphatic rings. The molecular formula is C17H28N2O. The van der Waals surface area contributed by atoms with E-state index in [2.05, 4.69) is 48.3 Å². The van der Waals surface area contributed by atoms with Gasteiger partial charge >= 0.3 is 0 Å². The van der Waals surface area contributed by atoms with Crippen LogP contribution in [-0.2, 0) is 11.3 Å². The Hall–Kier alpha value is -1.06. The molecule has 0 aromatic heterocycles. The minimum Gasteiger partial charge on any atom is -0.380 e. The van der Waals surface area contributed by atoms with Crippen LogP contribution in [0.5, 0.6) is 0 Å². The molecule has 0 radical (unpaired) electrons. The summed E-state index contributed by atoms with van der Waals surface area (Å²) in [6.07, 6.45) is 2.77. The van der Waals surface area contributed by atoms with Crippen molar-refractivity contribution in [2.24, 2.45) is 5.92 Å². The molecule has 1 aliphatic heterocycles. The van der Waals surface area contributed by atoms with Crippen LogP contribution in [0.25, 0.3) is 0 Å². The second kappa shape index (κ2) is 7.65. The average molecular weight is 276 g/mol. The lowest BCUT2D eigenvalue weighted by Gasteiger charge is -2.35. The van der Waals surface area contributed by atoms with Gasteiger partial charge in [0.2, 0.25) is 0 Å². The van der Waals surface area contributed by atoms with E-state index in [1.807, 2.05) is 7.11 Å². The number of anilines is 1. The second-order valence-corrected chi connectivity index (χ2v) is 6.10. The molecule has 1 unspecified atom stereocenters. The molecule has 1 aromatic rings. The zero-order valence-electron chi connectivity index (χ0n) is 13.1. The van der Waals surface area contributed by atoms with E-state index in [9.17, 15) is 0 Å². The summed E-state index contributed by atoms with van der Waals surface area (Å²) in [5, 5.41) is 3.55. The smallest absolute Gasteiger partial charge is 0.0746 e. The lowest BCUT2D eigenvalue weighted by molar-refractivity contribution is 0.0893.